The normalized spacial score (nSPS) is 20.7. The molecule has 1 heterocycles. The molecule has 0 saturated carbocycles. The van der Waals surface area contributed by atoms with Crippen molar-refractivity contribution in [3.05, 3.63) is 35.6 Å². The summed E-state index contributed by atoms with van der Waals surface area (Å²) in [5, 5.41) is 6.62. The maximum absolute atomic E-state index is 13.2. The fourth-order valence-corrected chi connectivity index (χ4v) is 2.90. The molecule has 2 atom stereocenters. The van der Waals surface area contributed by atoms with Gasteiger partial charge in [-0.15, -0.1) is 0 Å². The lowest BCUT2D eigenvalue weighted by molar-refractivity contribution is -0.0174. The predicted octanol–water partition coefficient (Wildman–Crippen LogP) is 1.99. The van der Waals surface area contributed by atoms with Crippen LogP contribution in [-0.2, 0) is 11.3 Å². The lowest BCUT2D eigenvalue weighted by atomic mass is 10.2. The third-order valence-corrected chi connectivity index (χ3v) is 4.20. The molecule has 2 N–H and O–H groups in total. The number of hydrogen-bond acceptors (Lipinski definition) is 3. The summed E-state index contributed by atoms with van der Waals surface area (Å²) in [5.41, 5.74) is 0.863. The largest absolute Gasteiger partial charge is 0.379 e. The summed E-state index contributed by atoms with van der Waals surface area (Å²) in [7, 11) is 0. The van der Waals surface area contributed by atoms with E-state index in [9.17, 15) is 4.39 Å². The number of hydrogen-bond donors (Lipinski definition) is 2. The van der Waals surface area contributed by atoms with Crippen LogP contribution in [0, 0.1) is 5.82 Å². The molecule has 0 radical (unpaired) electrons. The number of ether oxygens (including phenoxy) is 1. The highest BCUT2D eigenvalue weighted by Gasteiger charge is 2.23. The predicted molar refractivity (Wildman–Crippen MR) is 95.7 cm³/mol. The summed E-state index contributed by atoms with van der Waals surface area (Å²) in [4.78, 5) is 7.00. The van der Waals surface area contributed by atoms with Gasteiger partial charge in [-0.2, -0.15) is 0 Å². The van der Waals surface area contributed by atoms with Crippen molar-refractivity contribution in [2.24, 2.45) is 4.99 Å². The standard InChI is InChI=1S/C18H29FN4O/c1-4-20-18(22-12-16-6-5-7-17(19)10-16)21-11-14(2)23-8-9-24-13-15(23)3/h5-7,10,14-15H,4,8-9,11-13H2,1-3H3,(H2,20,21,22). The smallest absolute Gasteiger partial charge is 0.191 e. The molecule has 0 aromatic heterocycles. The monoisotopic (exact) mass is 336 g/mol. The minimum atomic E-state index is -0.226. The molecule has 24 heavy (non-hydrogen) atoms. The topological polar surface area (TPSA) is 48.9 Å². The molecule has 0 aliphatic carbocycles. The van der Waals surface area contributed by atoms with Gasteiger partial charge in [-0.05, 0) is 38.5 Å². The molecule has 134 valence electrons. The Morgan fingerprint density at radius 2 is 2.29 bits per heavy atom. The van der Waals surface area contributed by atoms with Crippen molar-refractivity contribution in [2.75, 3.05) is 32.8 Å². The second-order valence-electron chi connectivity index (χ2n) is 6.22. The first-order valence-electron chi connectivity index (χ1n) is 8.70. The Hall–Kier alpha value is -1.66. The number of benzene rings is 1. The minimum Gasteiger partial charge on any atom is -0.379 e. The van der Waals surface area contributed by atoms with Crippen molar-refractivity contribution >= 4 is 5.96 Å². The van der Waals surface area contributed by atoms with Gasteiger partial charge in [-0.25, -0.2) is 9.38 Å². The molecule has 1 fully saturated rings. The minimum absolute atomic E-state index is 0.226. The molecular formula is C18H29FN4O. The Labute approximate surface area is 144 Å². The van der Waals surface area contributed by atoms with E-state index in [4.69, 9.17) is 4.74 Å². The van der Waals surface area contributed by atoms with E-state index in [1.165, 1.54) is 12.1 Å². The van der Waals surface area contributed by atoms with Crippen molar-refractivity contribution in [1.82, 2.24) is 15.5 Å². The Morgan fingerprint density at radius 1 is 1.46 bits per heavy atom. The summed E-state index contributed by atoms with van der Waals surface area (Å²) < 4.78 is 18.7. The van der Waals surface area contributed by atoms with Crippen molar-refractivity contribution in [2.45, 2.75) is 39.4 Å². The number of nitrogens with zero attached hydrogens (tertiary/aromatic N) is 2. The van der Waals surface area contributed by atoms with Crippen LogP contribution in [0.4, 0.5) is 4.39 Å². The fourth-order valence-electron chi connectivity index (χ4n) is 2.90. The van der Waals surface area contributed by atoms with E-state index in [2.05, 4.69) is 34.4 Å². The number of morpholine rings is 1. The summed E-state index contributed by atoms with van der Waals surface area (Å²) in [6.45, 7) is 11.0. The van der Waals surface area contributed by atoms with Gasteiger partial charge in [0.05, 0.1) is 19.8 Å². The summed E-state index contributed by atoms with van der Waals surface area (Å²) >= 11 is 0. The molecule has 6 heteroatoms. The first kappa shape index (κ1) is 18.7. The third-order valence-electron chi connectivity index (χ3n) is 4.20. The molecule has 1 saturated heterocycles. The molecule has 0 bridgehead atoms. The van der Waals surface area contributed by atoms with Crippen LogP contribution in [0.2, 0.25) is 0 Å². The van der Waals surface area contributed by atoms with E-state index in [0.717, 1.165) is 44.4 Å². The summed E-state index contributed by atoms with van der Waals surface area (Å²) in [6, 6.07) is 7.38. The van der Waals surface area contributed by atoms with E-state index in [1.54, 1.807) is 6.07 Å². The van der Waals surface area contributed by atoms with Crippen molar-refractivity contribution < 1.29 is 9.13 Å². The number of nitrogens with one attached hydrogen (secondary N) is 2. The summed E-state index contributed by atoms with van der Waals surface area (Å²) in [5.74, 6) is 0.533. The first-order valence-corrected chi connectivity index (χ1v) is 8.70. The van der Waals surface area contributed by atoms with Gasteiger partial charge in [0, 0.05) is 31.7 Å². The zero-order valence-corrected chi connectivity index (χ0v) is 14.9. The lowest BCUT2D eigenvalue weighted by Crippen LogP contribution is -2.53. The third kappa shape index (κ3) is 5.76. The van der Waals surface area contributed by atoms with Gasteiger partial charge < -0.3 is 15.4 Å². The van der Waals surface area contributed by atoms with E-state index in [-0.39, 0.29) is 5.82 Å². The van der Waals surface area contributed by atoms with E-state index in [1.807, 2.05) is 13.0 Å². The van der Waals surface area contributed by atoms with Crippen LogP contribution in [0.25, 0.3) is 0 Å². The number of guanidine groups is 1. The quantitative estimate of drug-likeness (QED) is 0.616. The molecule has 5 nitrogen and oxygen atoms in total. The van der Waals surface area contributed by atoms with Gasteiger partial charge in [0.1, 0.15) is 5.82 Å². The zero-order valence-electron chi connectivity index (χ0n) is 14.9. The second kappa shape index (κ2) is 9.59. The van der Waals surface area contributed by atoms with Crippen molar-refractivity contribution in [3.8, 4) is 0 Å². The zero-order chi connectivity index (χ0) is 17.4. The van der Waals surface area contributed by atoms with E-state index >= 15 is 0 Å². The Bertz CT molecular complexity index is 538. The molecular weight excluding hydrogens is 307 g/mol. The van der Waals surface area contributed by atoms with Gasteiger partial charge >= 0.3 is 0 Å². The Morgan fingerprint density at radius 3 is 3.00 bits per heavy atom. The molecule has 2 unspecified atom stereocenters. The van der Waals surface area contributed by atoms with Crippen molar-refractivity contribution in [1.29, 1.82) is 0 Å². The molecule has 1 aromatic carbocycles. The van der Waals surface area contributed by atoms with Crippen LogP contribution in [0.5, 0.6) is 0 Å². The van der Waals surface area contributed by atoms with Gasteiger partial charge in [-0.1, -0.05) is 12.1 Å². The van der Waals surface area contributed by atoms with Crippen LogP contribution in [0.3, 0.4) is 0 Å². The number of aliphatic imine (C=N–C) groups is 1. The molecule has 0 amide bonds. The average Bonchev–Trinajstić information content (AvgIpc) is 2.57. The van der Waals surface area contributed by atoms with Gasteiger partial charge in [0.15, 0.2) is 5.96 Å². The maximum Gasteiger partial charge on any atom is 0.191 e. The van der Waals surface area contributed by atoms with Crippen LogP contribution in [-0.4, -0.2) is 55.8 Å². The Balaban J connectivity index is 1.89. The average molecular weight is 336 g/mol. The van der Waals surface area contributed by atoms with Gasteiger partial charge in [0.2, 0.25) is 0 Å². The highest BCUT2D eigenvalue weighted by molar-refractivity contribution is 5.79. The number of halogens is 1. The maximum atomic E-state index is 13.2. The second-order valence-corrected chi connectivity index (χ2v) is 6.22. The Kier molecular flexibility index (Phi) is 7.46. The summed E-state index contributed by atoms with van der Waals surface area (Å²) in [6.07, 6.45) is 0. The molecule has 1 aromatic rings. The first-order chi connectivity index (χ1) is 11.6. The van der Waals surface area contributed by atoms with Gasteiger partial charge in [0.25, 0.3) is 0 Å². The van der Waals surface area contributed by atoms with E-state index in [0.29, 0.717) is 18.6 Å². The fraction of sp³-hybridized carbons (Fsp3) is 0.611. The van der Waals surface area contributed by atoms with Crippen LogP contribution in [0.15, 0.2) is 29.3 Å². The molecule has 0 spiro atoms. The molecule has 1 aliphatic heterocycles. The van der Waals surface area contributed by atoms with Crippen LogP contribution >= 0.6 is 0 Å². The highest BCUT2D eigenvalue weighted by atomic mass is 19.1. The molecule has 1 aliphatic rings. The SMILES string of the molecule is CCNC(=NCc1cccc(F)c1)NCC(C)N1CCOCC1C. The van der Waals surface area contributed by atoms with Crippen LogP contribution < -0.4 is 10.6 Å². The highest BCUT2D eigenvalue weighted by Crippen LogP contribution is 2.10. The van der Waals surface area contributed by atoms with E-state index < -0.39 is 0 Å². The molecule has 2 rings (SSSR count). The van der Waals surface area contributed by atoms with Gasteiger partial charge in [-0.3, -0.25) is 4.90 Å². The van der Waals surface area contributed by atoms with Crippen LogP contribution in [0.1, 0.15) is 26.3 Å². The number of rotatable bonds is 6. The van der Waals surface area contributed by atoms with Crippen molar-refractivity contribution in [3.63, 3.8) is 0 Å². The lowest BCUT2D eigenvalue weighted by Gasteiger charge is -2.38.